The minimum absolute atomic E-state index is 0.119. The van der Waals surface area contributed by atoms with Gasteiger partial charge in [-0.05, 0) is 37.6 Å². The molecule has 0 aliphatic heterocycles. The second kappa shape index (κ2) is 6.30. The molecule has 0 fully saturated rings. The van der Waals surface area contributed by atoms with Gasteiger partial charge in [0.1, 0.15) is 23.1 Å². The van der Waals surface area contributed by atoms with E-state index in [0.29, 0.717) is 12.4 Å². The highest BCUT2D eigenvalue weighted by atomic mass is 19.1. The summed E-state index contributed by atoms with van der Waals surface area (Å²) in [5.41, 5.74) is 0.0883. The Bertz CT molecular complexity index is 674. The number of hydrogen-bond donors (Lipinski definition) is 2. The average molecular weight is 291 g/mol. The lowest BCUT2D eigenvalue weighted by Gasteiger charge is -2.09. The summed E-state index contributed by atoms with van der Waals surface area (Å²) in [6.45, 7) is 4.01. The first-order valence-corrected chi connectivity index (χ1v) is 6.49. The number of anilines is 2. The van der Waals surface area contributed by atoms with Crippen molar-refractivity contribution in [2.45, 2.75) is 13.8 Å². The Hall–Kier alpha value is -2.50. The molecule has 0 unspecified atom stereocenters. The zero-order valence-corrected chi connectivity index (χ0v) is 11.7. The van der Waals surface area contributed by atoms with Crippen LogP contribution in [-0.4, -0.2) is 17.4 Å². The van der Waals surface area contributed by atoms with Crippen LogP contribution in [0.5, 0.6) is 0 Å². The third-order valence-electron chi connectivity index (χ3n) is 2.84. The highest BCUT2D eigenvalue weighted by Gasteiger charge is 2.13. The first-order valence-electron chi connectivity index (χ1n) is 6.49. The van der Waals surface area contributed by atoms with E-state index in [2.05, 4.69) is 15.6 Å². The zero-order chi connectivity index (χ0) is 15.4. The van der Waals surface area contributed by atoms with Gasteiger partial charge in [0.05, 0.1) is 5.69 Å². The number of carbonyl (C=O) groups excluding carboxylic acids is 1. The summed E-state index contributed by atoms with van der Waals surface area (Å²) in [6, 6.07) is 6.86. The third-order valence-corrected chi connectivity index (χ3v) is 2.84. The predicted octanol–water partition coefficient (Wildman–Crippen LogP) is 3.35. The molecule has 0 saturated carbocycles. The monoisotopic (exact) mass is 291 g/mol. The Balaban J connectivity index is 2.22. The van der Waals surface area contributed by atoms with Crippen molar-refractivity contribution in [3.8, 4) is 0 Å². The largest absolute Gasteiger partial charge is 0.370 e. The van der Waals surface area contributed by atoms with E-state index in [1.165, 1.54) is 13.0 Å². The molecular formula is C15H15F2N3O. The van der Waals surface area contributed by atoms with Gasteiger partial charge in [-0.25, -0.2) is 13.8 Å². The highest BCUT2D eigenvalue weighted by molar-refractivity contribution is 6.03. The second-order valence-corrected chi connectivity index (χ2v) is 4.47. The van der Waals surface area contributed by atoms with E-state index in [9.17, 15) is 13.6 Å². The van der Waals surface area contributed by atoms with Crippen molar-refractivity contribution in [2.75, 3.05) is 17.2 Å². The van der Waals surface area contributed by atoms with Crippen molar-refractivity contribution in [1.29, 1.82) is 0 Å². The molecule has 2 rings (SSSR count). The van der Waals surface area contributed by atoms with Crippen molar-refractivity contribution in [3.63, 3.8) is 0 Å². The number of halogens is 2. The third kappa shape index (κ3) is 3.53. The molecule has 6 heteroatoms. The number of aromatic nitrogens is 1. The fraction of sp³-hybridized carbons (Fsp3) is 0.200. The maximum atomic E-state index is 13.7. The van der Waals surface area contributed by atoms with Crippen LogP contribution in [0.25, 0.3) is 0 Å². The van der Waals surface area contributed by atoms with Gasteiger partial charge in [0.2, 0.25) is 0 Å². The number of hydrogen-bond acceptors (Lipinski definition) is 3. The smallest absolute Gasteiger partial charge is 0.274 e. The van der Waals surface area contributed by atoms with Crippen LogP contribution in [0.4, 0.5) is 20.3 Å². The molecule has 1 aromatic heterocycles. The molecule has 1 amide bonds. The maximum Gasteiger partial charge on any atom is 0.274 e. The maximum absolute atomic E-state index is 13.7. The number of nitrogens with zero attached hydrogens (tertiary/aromatic N) is 1. The molecule has 0 bridgehead atoms. The van der Waals surface area contributed by atoms with E-state index in [4.69, 9.17) is 0 Å². The number of amides is 1. The SMILES string of the molecule is CCNc1cccc(C(=O)Nc2cc(F)c(C)cc2F)n1. The van der Waals surface area contributed by atoms with Crippen LogP contribution in [-0.2, 0) is 0 Å². The van der Waals surface area contributed by atoms with Crippen LogP contribution in [0.15, 0.2) is 30.3 Å². The summed E-state index contributed by atoms with van der Waals surface area (Å²) >= 11 is 0. The minimum Gasteiger partial charge on any atom is -0.370 e. The zero-order valence-electron chi connectivity index (χ0n) is 11.7. The number of rotatable bonds is 4. The normalized spacial score (nSPS) is 10.3. The Morgan fingerprint density at radius 1 is 1.24 bits per heavy atom. The van der Waals surface area contributed by atoms with Gasteiger partial charge >= 0.3 is 0 Å². The van der Waals surface area contributed by atoms with E-state index < -0.39 is 17.5 Å². The number of aryl methyl sites for hydroxylation is 1. The Labute approximate surface area is 121 Å². The quantitative estimate of drug-likeness (QED) is 0.908. The second-order valence-electron chi connectivity index (χ2n) is 4.47. The summed E-state index contributed by atoms with van der Waals surface area (Å²) in [6.07, 6.45) is 0. The standard InChI is InChI=1S/C15H15F2N3O/c1-3-18-14-6-4-5-12(19-14)15(21)20-13-8-10(16)9(2)7-11(13)17/h4-8H,3H2,1-2H3,(H,18,19)(H,20,21). The molecule has 2 aromatic rings. The van der Waals surface area contributed by atoms with Crippen LogP contribution in [0.3, 0.4) is 0 Å². The van der Waals surface area contributed by atoms with Crippen LogP contribution >= 0.6 is 0 Å². The lowest BCUT2D eigenvalue weighted by atomic mass is 10.2. The molecular weight excluding hydrogens is 276 g/mol. The summed E-state index contributed by atoms with van der Waals surface area (Å²) in [5, 5.41) is 5.29. The van der Waals surface area contributed by atoms with E-state index in [-0.39, 0.29) is 16.9 Å². The van der Waals surface area contributed by atoms with E-state index in [1.54, 1.807) is 12.1 Å². The van der Waals surface area contributed by atoms with Gasteiger partial charge in [-0.1, -0.05) is 6.07 Å². The molecule has 4 nitrogen and oxygen atoms in total. The summed E-state index contributed by atoms with van der Waals surface area (Å²) < 4.78 is 27.1. The van der Waals surface area contributed by atoms with Crippen LogP contribution < -0.4 is 10.6 Å². The topological polar surface area (TPSA) is 54.0 Å². The molecule has 110 valence electrons. The summed E-state index contributed by atoms with van der Waals surface area (Å²) in [5.74, 6) is -1.33. The van der Waals surface area contributed by atoms with Gasteiger partial charge in [-0.3, -0.25) is 4.79 Å². The first-order chi connectivity index (χ1) is 10.0. The lowest BCUT2D eigenvalue weighted by Crippen LogP contribution is -2.15. The van der Waals surface area contributed by atoms with Crippen molar-refractivity contribution >= 4 is 17.4 Å². The van der Waals surface area contributed by atoms with Crippen molar-refractivity contribution in [2.24, 2.45) is 0 Å². The van der Waals surface area contributed by atoms with Gasteiger partial charge in [0.15, 0.2) is 0 Å². The molecule has 2 N–H and O–H groups in total. The van der Waals surface area contributed by atoms with Crippen LogP contribution in [0.1, 0.15) is 23.0 Å². The van der Waals surface area contributed by atoms with Crippen molar-refractivity contribution < 1.29 is 13.6 Å². The molecule has 0 atom stereocenters. The van der Waals surface area contributed by atoms with Gasteiger partial charge < -0.3 is 10.6 Å². The summed E-state index contributed by atoms with van der Waals surface area (Å²) in [4.78, 5) is 16.1. The number of pyridine rings is 1. The number of nitrogens with one attached hydrogen (secondary N) is 2. The summed E-state index contributed by atoms with van der Waals surface area (Å²) in [7, 11) is 0. The van der Waals surface area contributed by atoms with Gasteiger partial charge in [-0.2, -0.15) is 0 Å². The fourth-order valence-corrected chi connectivity index (χ4v) is 1.77. The molecule has 0 aliphatic carbocycles. The van der Waals surface area contributed by atoms with Crippen LogP contribution in [0, 0.1) is 18.6 Å². The average Bonchev–Trinajstić information content (AvgIpc) is 2.45. The van der Waals surface area contributed by atoms with Gasteiger partial charge in [0.25, 0.3) is 5.91 Å². The number of carbonyl (C=O) groups is 1. The number of benzene rings is 1. The van der Waals surface area contributed by atoms with Gasteiger partial charge in [-0.15, -0.1) is 0 Å². The molecule has 1 heterocycles. The molecule has 21 heavy (non-hydrogen) atoms. The Morgan fingerprint density at radius 3 is 2.71 bits per heavy atom. The molecule has 0 aliphatic rings. The van der Waals surface area contributed by atoms with Crippen molar-refractivity contribution in [3.05, 3.63) is 53.2 Å². The lowest BCUT2D eigenvalue weighted by molar-refractivity contribution is 0.102. The van der Waals surface area contributed by atoms with Crippen molar-refractivity contribution in [1.82, 2.24) is 4.98 Å². The van der Waals surface area contributed by atoms with E-state index in [1.807, 2.05) is 6.92 Å². The fourth-order valence-electron chi connectivity index (χ4n) is 1.77. The molecule has 0 spiro atoms. The molecule has 0 radical (unpaired) electrons. The first kappa shape index (κ1) is 14.9. The van der Waals surface area contributed by atoms with E-state index >= 15 is 0 Å². The molecule has 0 saturated heterocycles. The van der Waals surface area contributed by atoms with Crippen LogP contribution in [0.2, 0.25) is 0 Å². The van der Waals surface area contributed by atoms with Gasteiger partial charge in [0, 0.05) is 12.6 Å². The minimum atomic E-state index is -0.690. The Kier molecular flexibility index (Phi) is 4.47. The van der Waals surface area contributed by atoms with E-state index in [0.717, 1.165) is 12.1 Å². The Morgan fingerprint density at radius 2 is 2.00 bits per heavy atom. The highest BCUT2D eigenvalue weighted by Crippen LogP contribution is 2.19. The predicted molar refractivity (Wildman–Crippen MR) is 77.4 cm³/mol. The molecule has 1 aromatic carbocycles.